The minimum Gasteiger partial charge on any atom is -0.497 e. The molecule has 0 unspecified atom stereocenters. The highest BCUT2D eigenvalue weighted by Crippen LogP contribution is 2.25. The second kappa shape index (κ2) is 4.11. The van der Waals surface area contributed by atoms with Gasteiger partial charge in [0.05, 0.1) is 13.3 Å². The second-order valence-electron chi connectivity index (χ2n) is 3.50. The van der Waals surface area contributed by atoms with Crippen LogP contribution < -0.4 is 4.74 Å². The van der Waals surface area contributed by atoms with Crippen LogP contribution in [0.15, 0.2) is 30.6 Å². The standard InChI is InChI=1S/C13H12N2O/c1-4-10-5-11(7-13(6-10)16-3)12-8-14-15(2)9-12/h1,5-9H,2-3H3. The van der Waals surface area contributed by atoms with Crippen LogP contribution in [0.2, 0.25) is 0 Å². The van der Waals surface area contributed by atoms with E-state index >= 15 is 0 Å². The van der Waals surface area contributed by atoms with Gasteiger partial charge < -0.3 is 4.74 Å². The average molecular weight is 212 g/mol. The highest BCUT2D eigenvalue weighted by atomic mass is 16.5. The van der Waals surface area contributed by atoms with Crippen LogP contribution in [0.1, 0.15) is 5.56 Å². The maximum atomic E-state index is 5.40. The molecule has 0 aliphatic rings. The van der Waals surface area contributed by atoms with Gasteiger partial charge in [-0.3, -0.25) is 4.68 Å². The number of nitrogens with zero attached hydrogens (tertiary/aromatic N) is 2. The molecular weight excluding hydrogens is 200 g/mol. The first-order valence-electron chi connectivity index (χ1n) is 4.87. The van der Waals surface area contributed by atoms with Gasteiger partial charge in [-0.2, -0.15) is 5.10 Å². The van der Waals surface area contributed by atoms with Gasteiger partial charge >= 0.3 is 0 Å². The molecule has 80 valence electrons. The summed E-state index contributed by atoms with van der Waals surface area (Å²) in [4.78, 5) is 0. The molecule has 3 nitrogen and oxygen atoms in total. The highest BCUT2D eigenvalue weighted by molar-refractivity contribution is 5.66. The van der Waals surface area contributed by atoms with Crippen LogP contribution in [0.4, 0.5) is 0 Å². The van der Waals surface area contributed by atoms with Gasteiger partial charge in [0.15, 0.2) is 0 Å². The summed E-state index contributed by atoms with van der Waals surface area (Å²) in [5.74, 6) is 3.37. The van der Waals surface area contributed by atoms with Gasteiger partial charge in [-0.15, -0.1) is 6.42 Å². The molecule has 0 fully saturated rings. The molecule has 0 bridgehead atoms. The van der Waals surface area contributed by atoms with Crippen LogP contribution in [0.25, 0.3) is 11.1 Å². The minimum atomic E-state index is 0.759. The summed E-state index contributed by atoms with van der Waals surface area (Å²) in [6.07, 6.45) is 9.14. The number of benzene rings is 1. The van der Waals surface area contributed by atoms with E-state index in [1.54, 1.807) is 18.0 Å². The van der Waals surface area contributed by atoms with Crippen molar-refractivity contribution in [1.29, 1.82) is 0 Å². The Hall–Kier alpha value is -2.21. The molecule has 0 saturated heterocycles. The van der Waals surface area contributed by atoms with Crippen molar-refractivity contribution in [1.82, 2.24) is 9.78 Å². The van der Waals surface area contributed by atoms with Gasteiger partial charge in [0, 0.05) is 24.4 Å². The molecule has 0 aliphatic heterocycles. The largest absolute Gasteiger partial charge is 0.497 e. The van der Waals surface area contributed by atoms with E-state index in [9.17, 15) is 0 Å². The number of methoxy groups -OCH3 is 1. The predicted molar refractivity (Wildman–Crippen MR) is 63.1 cm³/mol. The van der Waals surface area contributed by atoms with Gasteiger partial charge in [0.2, 0.25) is 0 Å². The van der Waals surface area contributed by atoms with Gasteiger partial charge in [-0.05, 0) is 23.8 Å². The number of aryl methyl sites for hydroxylation is 1. The maximum Gasteiger partial charge on any atom is 0.120 e. The number of hydrogen-bond donors (Lipinski definition) is 0. The lowest BCUT2D eigenvalue weighted by molar-refractivity contribution is 0.415. The second-order valence-corrected chi connectivity index (χ2v) is 3.50. The fourth-order valence-electron chi connectivity index (χ4n) is 1.54. The van der Waals surface area contributed by atoms with E-state index in [1.807, 2.05) is 31.4 Å². The zero-order chi connectivity index (χ0) is 11.5. The zero-order valence-electron chi connectivity index (χ0n) is 9.27. The molecule has 0 radical (unpaired) electrons. The normalized spacial score (nSPS) is 9.81. The number of hydrogen-bond acceptors (Lipinski definition) is 2. The molecule has 16 heavy (non-hydrogen) atoms. The molecule has 2 aromatic rings. The Morgan fingerprint density at radius 2 is 2.12 bits per heavy atom. The van der Waals surface area contributed by atoms with E-state index < -0.39 is 0 Å². The first kappa shape index (κ1) is 10.3. The average Bonchev–Trinajstić information content (AvgIpc) is 2.75. The topological polar surface area (TPSA) is 27.1 Å². The summed E-state index contributed by atoms with van der Waals surface area (Å²) in [6.45, 7) is 0. The Labute approximate surface area is 94.7 Å². The molecule has 1 aromatic heterocycles. The SMILES string of the molecule is C#Cc1cc(OC)cc(-c2cnn(C)c2)c1. The monoisotopic (exact) mass is 212 g/mol. The van der Waals surface area contributed by atoms with Crippen LogP contribution >= 0.6 is 0 Å². The van der Waals surface area contributed by atoms with Crippen molar-refractivity contribution in [2.45, 2.75) is 0 Å². The van der Waals surface area contributed by atoms with E-state index in [4.69, 9.17) is 11.2 Å². The Bertz CT molecular complexity index is 549. The first-order chi connectivity index (χ1) is 7.72. The van der Waals surface area contributed by atoms with Gasteiger partial charge in [-0.25, -0.2) is 0 Å². The Kier molecular flexibility index (Phi) is 2.65. The van der Waals surface area contributed by atoms with Gasteiger partial charge in [-0.1, -0.05) is 5.92 Å². The van der Waals surface area contributed by atoms with E-state index in [2.05, 4.69) is 11.0 Å². The molecule has 2 rings (SSSR count). The Morgan fingerprint density at radius 3 is 2.69 bits per heavy atom. The molecule has 0 amide bonds. The van der Waals surface area contributed by atoms with Crippen molar-refractivity contribution >= 4 is 0 Å². The van der Waals surface area contributed by atoms with E-state index in [-0.39, 0.29) is 0 Å². The summed E-state index contributed by atoms with van der Waals surface area (Å²) in [5, 5.41) is 4.13. The molecule has 0 aliphatic carbocycles. The fourth-order valence-corrected chi connectivity index (χ4v) is 1.54. The number of terminal acetylenes is 1. The van der Waals surface area contributed by atoms with Crippen LogP contribution in [-0.2, 0) is 7.05 Å². The third-order valence-electron chi connectivity index (χ3n) is 2.35. The molecule has 0 atom stereocenters. The summed E-state index contributed by atoms with van der Waals surface area (Å²) in [7, 11) is 3.51. The Morgan fingerprint density at radius 1 is 1.31 bits per heavy atom. The molecule has 1 aromatic carbocycles. The quantitative estimate of drug-likeness (QED) is 0.713. The molecule has 3 heteroatoms. The number of aromatic nitrogens is 2. The lowest BCUT2D eigenvalue weighted by Gasteiger charge is -2.04. The lowest BCUT2D eigenvalue weighted by atomic mass is 10.1. The van der Waals surface area contributed by atoms with Gasteiger partial charge in [0.1, 0.15) is 5.75 Å². The third kappa shape index (κ3) is 1.91. The lowest BCUT2D eigenvalue weighted by Crippen LogP contribution is -1.86. The summed E-state index contributed by atoms with van der Waals surface area (Å²) in [6, 6.07) is 5.72. The minimum absolute atomic E-state index is 0.759. The fraction of sp³-hybridized carbons (Fsp3) is 0.154. The highest BCUT2D eigenvalue weighted by Gasteiger charge is 2.04. The maximum absolute atomic E-state index is 5.40. The van der Waals surface area contributed by atoms with Crippen LogP contribution in [-0.4, -0.2) is 16.9 Å². The molecule has 0 saturated carbocycles. The number of ether oxygens (including phenoxy) is 1. The van der Waals surface area contributed by atoms with Crippen molar-refractivity contribution in [3.05, 3.63) is 36.2 Å². The smallest absolute Gasteiger partial charge is 0.120 e. The van der Waals surface area contributed by atoms with Crippen LogP contribution in [0.3, 0.4) is 0 Å². The van der Waals surface area contributed by atoms with Crippen molar-refractivity contribution in [3.63, 3.8) is 0 Å². The van der Waals surface area contributed by atoms with Crippen molar-refractivity contribution in [2.75, 3.05) is 7.11 Å². The third-order valence-corrected chi connectivity index (χ3v) is 2.35. The van der Waals surface area contributed by atoms with Crippen molar-refractivity contribution in [3.8, 4) is 29.2 Å². The number of rotatable bonds is 2. The van der Waals surface area contributed by atoms with E-state index in [0.717, 1.165) is 22.4 Å². The molecule has 0 spiro atoms. The predicted octanol–water partition coefficient (Wildman–Crippen LogP) is 2.08. The van der Waals surface area contributed by atoms with Crippen LogP contribution in [0.5, 0.6) is 5.75 Å². The molecule has 1 heterocycles. The van der Waals surface area contributed by atoms with Crippen molar-refractivity contribution < 1.29 is 4.74 Å². The summed E-state index contributed by atoms with van der Waals surface area (Å²) in [5.41, 5.74) is 2.84. The van der Waals surface area contributed by atoms with Gasteiger partial charge in [0.25, 0.3) is 0 Å². The summed E-state index contributed by atoms with van der Waals surface area (Å²) >= 11 is 0. The van der Waals surface area contributed by atoms with Crippen molar-refractivity contribution in [2.24, 2.45) is 7.05 Å². The molecular formula is C13H12N2O. The summed E-state index contributed by atoms with van der Waals surface area (Å²) < 4.78 is 6.96. The van der Waals surface area contributed by atoms with E-state index in [1.165, 1.54) is 0 Å². The van der Waals surface area contributed by atoms with Crippen LogP contribution in [0, 0.1) is 12.3 Å². The Balaban J connectivity index is 2.52. The van der Waals surface area contributed by atoms with E-state index in [0.29, 0.717) is 0 Å². The molecule has 0 N–H and O–H groups in total. The first-order valence-corrected chi connectivity index (χ1v) is 4.87. The zero-order valence-corrected chi connectivity index (χ0v) is 9.27.